The van der Waals surface area contributed by atoms with Gasteiger partial charge in [-0.05, 0) is 12.5 Å². The molecule has 0 heterocycles. The van der Waals surface area contributed by atoms with E-state index >= 15 is 0 Å². The first-order chi connectivity index (χ1) is 8.15. The quantitative estimate of drug-likeness (QED) is 0.759. The minimum Gasteiger partial charge on any atom is -0.493 e. The van der Waals surface area contributed by atoms with Crippen LogP contribution in [0.25, 0.3) is 0 Å². The number of rotatable bonds is 6. The Kier molecular flexibility index (Phi) is 5.49. The molecule has 0 aliphatic heterocycles. The van der Waals surface area contributed by atoms with E-state index in [9.17, 15) is 4.79 Å². The second-order valence-corrected chi connectivity index (χ2v) is 4.05. The van der Waals surface area contributed by atoms with E-state index in [-0.39, 0.29) is 5.91 Å². The van der Waals surface area contributed by atoms with Crippen molar-refractivity contribution in [2.45, 2.75) is 19.4 Å². The molecule has 1 aromatic carbocycles. The van der Waals surface area contributed by atoms with Gasteiger partial charge in [0.05, 0.1) is 6.61 Å². The van der Waals surface area contributed by atoms with Gasteiger partial charge in [0.15, 0.2) is 0 Å². The number of amides is 1. The van der Waals surface area contributed by atoms with Gasteiger partial charge in [-0.3, -0.25) is 4.79 Å². The zero-order chi connectivity index (χ0) is 12.7. The van der Waals surface area contributed by atoms with Gasteiger partial charge in [0.2, 0.25) is 5.91 Å². The summed E-state index contributed by atoms with van der Waals surface area (Å²) in [6, 6.07) is 7.69. The van der Waals surface area contributed by atoms with Crippen LogP contribution in [0, 0.1) is 0 Å². The number of para-hydroxylation sites is 1. The predicted octanol–water partition coefficient (Wildman–Crippen LogP) is 1.39. The average molecular weight is 236 g/mol. The van der Waals surface area contributed by atoms with Crippen molar-refractivity contribution >= 4 is 5.91 Å². The van der Waals surface area contributed by atoms with Crippen molar-refractivity contribution < 1.29 is 9.53 Å². The Hall–Kier alpha value is -1.55. The van der Waals surface area contributed by atoms with Gasteiger partial charge in [0.25, 0.3) is 0 Å². The van der Waals surface area contributed by atoms with Crippen LogP contribution in [0.15, 0.2) is 24.3 Å². The highest BCUT2D eigenvalue weighted by Gasteiger charge is 2.04. The van der Waals surface area contributed by atoms with Crippen LogP contribution in [0.4, 0.5) is 0 Å². The molecule has 0 aliphatic carbocycles. The average Bonchev–Trinajstić information content (AvgIpc) is 2.34. The third-order valence-electron chi connectivity index (χ3n) is 2.48. The van der Waals surface area contributed by atoms with E-state index in [0.717, 1.165) is 17.7 Å². The van der Waals surface area contributed by atoms with Crippen LogP contribution < -0.4 is 10.5 Å². The van der Waals surface area contributed by atoms with E-state index in [1.54, 1.807) is 19.0 Å². The number of carbonyl (C=O) groups excluding carboxylic acids is 1. The summed E-state index contributed by atoms with van der Waals surface area (Å²) in [5, 5.41) is 0. The van der Waals surface area contributed by atoms with Crippen molar-refractivity contribution in [2.24, 2.45) is 5.73 Å². The summed E-state index contributed by atoms with van der Waals surface area (Å²) >= 11 is 0. The van der Waals surface area contributed by atoms with E-state index < -0.39 is 0 Å². The van der Waals surface area contributed by atoms with Gasteiger partial charge in [-0.25, -0.2) is 0 Å². The number of hydrogen-bond acceptors (Lipinski definition) is 3. The zero-order valence-electron chi connectivity index (χ0n) is 10.5. The van der Waals surface area contributed by atoms with Gasteiger partial charge < -0.3 is 15.4 Å². The van der Waals surface area contributed by atoms with Crippen molar-refractivity contribution in [3.05, 3.63) is 29.8 Å². The molecule has 0 atom stereocenters. The van der Waals surface area contributed by atoms with E-state index in [4.69, 9.17) is 10.5 Å². The Morgan fingerprint density at radius 1 is 1.35 bits per heavy atom. The van der Waals surface area contributed by atoms with E-state index in [1.807, 2.05) is 24.3 Å². The predicted molar refractivity (Wildman–Crippen MR) is 67.8 cm³/mol. The van der Waals surface area contributed by atoms with E-state index in [2.05, 4.69) is 0 Å². The minimum absolute atomic E-state index is 0.126. The van der Waals surface area contributed by atoms with Crippen LogP contribution in [-0.2, 0) is 11.3 Å². The molecule has 17 heavy (non-hydrogen) atoms. The maximum atomic E-state index is 11.3. The molecule has 0 saturated heterocycles. The van der Waals surface area contributed by atoms with Crippen LogP contribution >= 0.6 is 0 Å². The topological polar surface area (TPSA) is 55.6 Å². The lowest BCUT2D eigenvalue weighted by Crippen LogP contribution is -2.21. The fraction of sp³-hybridized carbons (Fsp3) is 0.462. The summed E-state index contributed by atoms with van der Waals surface area (Å²) in [7, 11) is 3.51. The second-order valence-electron chi connectivity index (χ2n) is 4.05. The third-order valence-corrected chi connectivity index (χ3v) is 2.48. The number of nitrogens with zero attached hydrogens (tertiary/aromatic N) is 1. The molecule has 4 nitrogen and oxygen atoms in total. The van der Waals surface area contributed by atoms with Crippen LogP contribution in [0.2, 0.25) is 0 Å². The molecule has 0 aliphatic rings. The normalized spacial score (nSPS) is 10.1. The number of benzene rings is 1. The summed E-state index contributed by atoms with van der Waals surface area (Å²) in [4.78, 5) is 12.9. The maximum absolute atomic E-state index is 11.3. The summed E-state index contributed by atoms with van der Waals surface area (Å²) in [6.45, 7) is 1.00. The fourth-order valence-corrected chi connectivity index (χ4v) is 1.44. The molecular weight excluding hydrogens is 216 g/mol. The Morgan fingerprint density at radius 3 is 2.71 bits per heavy atom. The number of ether oxygens (including phenoxy) is 1. The number of carbonyl (C=O) groups is 1. The smallest absolute Gasteiger partial charge is 0.222 e. The lowest BCUT2D eigenvalue weighted by Gasteiger charge is -2.12. The molecule has 1 rings (SSSR count). The molecule has 0 saturated carbocycles. The minimum atomic E-state index is 0.126. The monoisotopic (exact) mass is 236 g/mol. The van der Waals surface area contributed by atoms with Crippen molar-refractivity contribution in [1.82, 2.24) is 4.90 Å². The Balaban J connectivity index is 2.33. The lowest BCUT2D eigenvalue weighted by atomic mass is 10.2. The molecule has 1 aromatic rings. The van der Waals surface area contributed by atoms with Crippen molar-refractivity contribution in [3.63, 3.8) is 0 Å². The first-order valence-corrected chi connectivity index (χ1v) is 5.76. The van der Waals surface area contributed by atoms with Crippen LogP contribution in [0.3, 0.4) is 0 Å². The summed E-state index contributed by atoms with van der Waals surface area (Å²) in [5.74, 6) is 0.938. The molecule has 4 heteroatoms. The molecular formula is C13H20N2O2. The standard InChI is InChI=1S/C13H20N2O2/c1-15(2)13(16)8-5-9-17-12-7-4-3-6-11(12)10-14/h3-4,6-7H,5,8-10,14H2,1-2H3. The highest BCUT2D eigenvalue weighted by molar-refractivity contribution is 5.75. The van der Waals surface area contributed by atoms with Gasteiger partial charge in [-0.2, -0.15) is 0 Å². The molecule has 94 valence electrons. The first kappa shape index (κ1) is 13.5. The van der Waals surface area contributed by atoms with Gasteiger partial charge in [-0.15, -0.1) is 0 Å². The highest BCUT2D eigenvalue weighted by atomic mass is 16.5. The zero-order valence-corrected chi connectivity index (χ0v) is 10.5. The summed E-state index contributed by atoms with van der Waals surface area (Å²) < 4.78 is 5.61. The molecule has 0 aromatic heterocycles. The molecule has 2 N–H and O–H groups in total. The molecule has 1 amide bonds. The molecule has 0 spiro atoms. The van der Waals surface area contributed by atoms with Crippen LogP contribution in [0.5, 0.6) is 5.75 Å². The SMILES string of the molecule is CN(C)C(=O)CCCOc1ccccc1CN. The van der Waals surface area contributed by atoms with Gasteiger partial charge >= 0.3 is 0 Å². The first-order valence-electron chi connectivity index (χ1n) is 5.76. The molecule has 0 unspecified atom stereocenters. The molecule has 0 radical (unpaired) electrons. The van der Waals surface area contributed by atoms with Crippen LogP contribution in [-0.4, -0.2) is 31.5 Å². The summed E-state index contributed by atoms with van der Waals surface area (Å²) in [6.07, 6.45) is 1.23. The lowest BCUT2D eigenvalue weighted by molar-refractivity contribution is -0.128. The van der Waals surface area contributed by atoms with Crippen molar-refractivity contribution in [3.8, 4) is 5.75 Å². The van der Waals surface area contributed by atoms with Gasteiger partial charge in [0, 0.05) is 32.6 Å². The number of nitrogens with two attached hydrogens (primary N) is 1. The third kappa shape index (κ3) is 4.44. The largest absolute Gasteiger partial charge is 0.493 e. The second kappa shape index (κ2) is 6.91. The van der Waals surface area contributed by atoms with Gasteiger partial charge in [-0.1, -0.05) is 18.2 Å². The molecule has 0 bridgehead atoms. The Labute approximate surface area is 102 Å². The highest BCUT2D eigenvalue weighted by Crippen LogP contribution is 2.17. The fourth-order valence-electron chi connectivity index (χ4n) is 1.44. The summed E-state index contributed by atoms with van der Waals surface area (Å²) in [5.41, 5.74) is 6.59. The number of hydrogen-bond donors (Lipinski definition) is 1. The van der Waals surface area contributed by atoms with Crippen LogP contribution in [0.1, 0.15) is 18.4 Å². The Morgan fingerprint density at radius 2 is 2.06 bits per heavy atom. The Bertz CT molecular complexity index is 364. The van der Waals surface area contributed by atoms with E-state index in [1.165, 1.54) is 0 Å². The van der Waals surface area contributed by atoms with Crippen molar-refractivity contribution in [2.75, 3.05) is 20.7 Å². The molecule has 0 fully saturated rings. The van der Waals surface area contributed by atoms with E-state index in [0.29, 0.717) is 19.6 Å². The maximum Gasteiger partial charge on any atom is 0.222 e. The van der Waals surface area contributed by atoms with Gasteiger partial charge in [0.1, 0.15) is 5.75 Å². The van der Waals surface area contributed by atoms with Crippen molar-refractivity contribution in [1.29, 1.82) is 0 Å².